The smallest absolute Gasteiger partial charge is 0.255 e. The number of halogens is 2. The van der Waals surface area contributed by atoms with Gasteiger partial charge in [0.1, 0.15) is 11.6 Å². The topological polar surface area (TPSA) is 57.8 Å². The number of carbonyl (C=O) groups is 1. The van der Waals surface area contributed by atoms with Crippen LogP contribution in [0, 0.1) is 11.6 Å². The van der Waals surface area contributed by atoms with Crippen molar-refractivity contribution in [1.82, 2.24) is 15.5 Å². The zero-order valence-corrected chi connectivity index (χ0v) is 12.1. The predicted molar refractivity (Wildman–Crippen MR) is 79.4 cm³/mol. The lowest BCUT2D eigenvalue weighted by molar-refractivity contribution is 0.0951. The van der Waals surface area contributed by atoms with Gasteiger partial charge in [0.25, 0.3) is 5.91 Å². The Balaban J connectivity index is 1.74. The molecule has 2 heterocycles. The number of H-pyrrole nitrogens is 1. The van der Waals surface area contributed by atoms with Crippen LogP contribution in [0.5, 0.6) is 0 Å². The fraction of sp³-hybridized carbons (Fsp3) is 0.0667. The molecule has 1 aromatic carbocycles. The lowest BCUT2D eigenvalue weighted by Gasteiger charge is -2.06. The molecule has 112 valence electrons. The minimum Gasteiger partial charge on any atom is -0.348 e. The van der Waals surface area contributed by atoms with Gasteiger partial charge in [-0.15, -0.1) is 11.3 Å². The van der Waals surface area contributed by atoms with Crippen molar-refractivity contribution < 1.29 is 13.6 Å². The first-order chi connectivity index (χ1) is 10.6. The van der Waals surface area contributed by atoms with E-state index in [0.29, 0.717) is 11.3 Å². The largest absolute Gasteiger partial charge is 0.348 e. The Morgan fingerprint density at radius 1 is 1.32 bits per heavy atom. The number of nitrogens with one attached hydrogen (secondary N) is 2. The highest BCUT2D eigenvalue weighted by atomic mass is 32.1. The van der Waals surface area contributed by atoms with Crippen LogP contribution in [0.1, 0.15) is 15.9 Å². The molecule has 22 heavy (non-hydrogen) atoms. The Bertz CT molecular complexity index is 799. The quantitative estimate of drug-likeness (QED) is 0.775. The Morgan fingerprint density at radius 3 is 2.91 bits per heavy atom. The summed E-state index contributed by atoms with van der Waals surface area (Å²) in [5.74, 6) is -1.71. The maximum atomic E-state index is 13.5. The molecule has 1 amide bonds. The van der Waals surface area contributed by atoms with E-state index in [1.807, 2.05) is 17.5 Å². The molecule has 4 nitrogen and oxygen atoms in total. The molecule has 0 fully saturated rings. The van der Waals surface area contributed by atoms with Gasteiger partial charge in [0.2, 0.25) is 0 Å². The van der Waals surface area contributed by atoms with Crippen LogP contribution < -0.4 is 5.32 Å². The summed E-state index contributed by atoms with van der Waals surface area (Å²) in [5.41, 5.74) is 1.22. The van der Waals surface area contributed by atoms with Gasteiger partial charge in [0, 0.05) is 18.2 Å². The SMILES string of the molecule is O=C(NCc1ccc(F)cc1F)c1cn[nH]c1-c1cccs1. The third-order valence-electron chi connectivity index (χ3n) is 3.11. The zero-order chi connectivity index (χ0) is 15.5. The van der Waals surface area contributed by atoms with Crippen molar-refractivity contribution in [2.24, 2.45) is 0 Å². The molecule has 0 aliphatic carbocycles. The maximum Gasteiger partial charge on any atom is 0.255 e. The normalized spacial score (nSPS) is 10.6. The molecule has 0 radical (unpaired) electrons. The molecule has 0 saturated carbocycles. The van der Waals surface area contributed by atoms with Gasteiger partial charge in [-0.1, -0.05) is 12.1 Å². The molecule has 2 aromatic heterocycles. The minimum atomic E-state index is -0.689. The number of thiophene rings is 1. The minimum absolute atomic E-state index is 0.0278. The van der Waals surface area contributed by atoms with Crippen molar-refractivity contribution in [3.63, 3.8) is 0 Å². The summed E-state index contributed by atoms with van der Waals surface area (Å²) in [6.07, 6.45) is 1.42. The van der Waals surface area contributed by atoms with Crippen LogP contribution in [0.2, 0.25) is 0 Å². The number of hydrogen-bond donors (Lipinski definition) is 2. The van der Waals surface area contributed by atoms with E-state index in [2.05, 4.69) is 15.5 Å². The zero-order valence-electron chi connectivity index (χ0n) is 11.3. The molecular weight excluding hydrogens is 308 g/mol. The maximum absolute atomic E-state index is 13.5. The fourth-order valence-electron chi connectivity index (χ4n) is 2.00. The average Bonchev–Trinajstić information content (AvgIpc) is 3.16. The molecular formula is C15H11F2N3OS. The van der Waals surface area contributed by atoms with Gasteiger partial charge in [-0.05, 0) is 17.5 Å². The van der Waals surface area contributed by atoms with Crippen LogP contribution in [-0.4, -0.2) is 16.1 Å². The lowest BCUT2D eigenvalue weighted by atomic mass is 10.2. The van der Waals surface area contributed by atoms with Crippen molar-refractivity contribution in [2.75, 3.05) is 0 Å². The molecule has 0 bridgehead atoms. The second-order valence-corrected chi connectivity index (χ2v) is 5.50. The molecule has 7 heteroatoms. The van der Waals surface area contributed by atoms with Crippen LogP contribution in [0.3, 0.4) is 0 Å². The van der Waals surface area contributed by atoms with Gasteiger partial charge < -0.3 is 5.32 Å². The number of benzene rings is 1. The van der Waals surface area contributed by atoms with E-state index in [1.165, 1.54) is 23.6 Å². The van der Waals surface area contributed by atoms with Gasteiger partial charge in [-0.3, -0.25) is 9.89 Å². The van der Waals surface area contributed by atoms with Crippen LogP contribution in [0.4, 0.5) is 8.78 Å². The second-order valence-electron chi connectivity index (χ2n) is 4.55. The van der Waals surface area contributed by atoms with Crippen LogP contribution in [0.25, 0.3) is 10.6 Å². The Labute approximate surface area is 128 Å². The number of aromatic nitrogens is 2. The Morgan fingerprint density at radius 2 is 2.18 bits per heavy atom. The third-order valence-corrected chi connectivity index (χ3v) is 3.99. The van der Waals surface area contributed by atoms with Gasteiger partial charge in [-0.25, -0.2) is 8.78 Å². The fourth-order valence-corrected chi connectivity index (χ4v) is 2.74. The summed E-state index contributed by atoms with van der Waals surface area (Å²) in [6.45, 7) is -0.0278. The van der Waals surface area contributed by atoms with Crippen molar-refractivity contribution in [3.05, 3.63) is 64.7 Å². The molecule has 3 aromatic rings. The predicted octanol–water partition coefficient (Wildman–Crippen LogP) is 3.35. The molecule has 0 spiro atoms. The Hall–Kier alpha value is -2.54. The van der Waals surface area contributed by atoms with Crippen molar-refractivity contribution >= 4 is 17.2 Å². The molecule has 0 aliphatic heterocycles. The number of amides is 1. The summed E-state index contributed by atoms with van der Waals surface area (Å²) >= 11 is 1.48. The first-order valence-electron chi connectivity index (χ1n) is 6.44. The first kappa shape index (κ1) is 14.4. The molecule has 0 atom stereocenters. The summed E-state index contributed by atoms with van der Waals surface area (Å²) < 4.78 is 26.4. The van der Waals surface area contributed by atoms with Gasteiger partial charge in [0.05, 0.1) is 22.3 Å². The van der Waals surface area contributed by atoms with Crippen molar-refractivity contribution in [3.8, 4) is 10.6 Å². The number of aromatic amines is 1. The van der Waals surface area contributed by atoms with Crippen LogP contribution >= 0.6 is 11.3 Å². The average molecular weight is 319 g/mol. The highest BCUT2D eigenvalue weighted by Gasteiger charge is 2.16. The Kier molecular flexibility index (Phi) is 3.97. The number of nitrogens with zero attached hydrogens (tertiary/aromatic N) is 1. The van der Waals surface area contributed by atoms with Crippen molar-refractivity contribution in [2.45, 2.75) is 6.54 Å². The highest BCUT2D eigenvalue weighted by molar-refractivity contribution is 7.13. The van der Waals surface area contributed by atoms with E-state index in [9.17, 15) is 13.6 Å². The molecule has 3 rings (SSSR count). The van der Waals surface area contributed by atoms with Gasteiger partial charge in [0.15, 0.2) is 0 Å². The third kappa shape index (κ3) is 2.89. The van der Waals surface area contributed by atoms with E-state index < -0.39 is 11.6 Å². The van der Waals surface area contributed by atoms with E-state index in [0.717, 1.165) is 17.0 Å². The molecule has 2 N–H and O–H groups in total. The van der Waals surface area contributed by atoms with E-state index >= 15 is 0 Å². The second kappa shape index (κ2) is 6.07. The van der Waals surface area contributed by atoms with E-state index in [1.54, 1.807) is 0 Å². The summed E-state index contributed by atoms with van der Waals surface area (Å²) in [6, 6.07) is 6.99. The molecule has 0 unspecified atom stereocenters. The number of carbonyl (C=O) groups excluding carboxylic acids is 1. The summed E-state index contributed by atoms with van der Waals surface area (Å²) in [5, 5.41) is 11.2. The van der Waals surface area contributed by atoms with Crippen LogP contribution in [0.15, 0.2) is 41.9 Å². The standard InChI is InChI=1S/C15H11F2N3OS/c16-10-4-3-9(12(17)6-10)7-18-15(21)11-8-19-20-14(11)13-2-1-5-22-13/h1-6,8H,7H2,(H,18,21)(H,19,20). The monoisotopic (exact) mass is 319 g/mol. The highest BCUT2D eigenvalue weighted by Crippen LogP contribution is 2.25. The van der Waals surface area contributed by atoms with Crippen molar-refractivity contribution in [1.29, 1.82) is 0 Å². The van der Waals surface area contributed by atoms with Gasteiger partial charge >= 0.3 is 0 Å². The number of hydrogen-bond acceptors (Lipinski definition) is 3. The lowest BCUT2D eigenvalue weighted by Crippen LogP contribution is -2.23. The molecule has 0 saturated heterocycles. The summed E-state index contributed by atoms with van der Waals surface area (Å²) in [4.78, 5) is 13.1. The first-order valence-corrected chi connectivity index (χ1v) is 7.32. The van der Waals surface area contributed by atoms with E-state index in [4.69, 9.17) is 0 Å². The summed E-state index contributed by atoms with van der Waals surface area (Å²) in [7, 11) is 0. The number of rotatable bonds is 4. The molecule has 0 aliphatic rings. The van der Waals surface area contributed by atoms with Gasteiger partial charge in [-0.2, -0.15) is 5.10 Å². The van der Waals surface area contributed by atoms with Crippen LogP contribution in [-0.2, 0) is 6.54 Å². The van der Waals surface area contributed by atoms with E-state index in [-0.39, 0.29) is 18.0 Å².